The maximum absolute atomic E-state index is 12.4. The highest BCUT2D eigenvalue weighted by molar-refractivity contribution is 8.00. The molecule has 0 aliphatic carbocycles. The van der Waals surface area contributed by atoms with E-state index in [9.17, 15) is 4.79 Å². The zero-order valence-electron chi connectivity index (χ0n) is 13.2. The van der Waals surface area contributed by atoms with Crippen LogP contribution in [0.3, 0.4) is 0 Å². The average Bonchev–Trinajstić information content (AvgIpc) is 3.27. The number of nitrogens with zero attached hydrogens (tertiary/aromatic N) is 3. The Labute approximate surface area is 166 Å². The van der Waals surface area contributed by atoms with Gasteiger partial charge >= 0.3 is 0 Å². The third kappa shape index (κ3) is 3.88. The number of anilines is 1. The van der Waals surface area contributed by atoms with Crippen LogP contribution in [-0.2, 0) is 5.75 Å². The molecule has 2 aromatic carbocycles. The summed E-state index contributed by atoms with van der Waals surface area (Å²) in [5, 5.41) is 12.5. The second kappa shape index (κ2) is 7.71. The Morgan fingerprint density at radius 2 is 1.88 bits per heavy atom. The van der Waals surface area contributed by atoms with Crippen LogP contribution in [0, 0.1) is 0 Å². The maximum atomic E-state index is 12.4. The van der Waals surface area contributed by atoms with E-state index in [1.807, 2.05) is 48.5 Å². The van der Waals surface area contributed by atoms with Gasteiger partial charge in [-0.2, -0.15) is 0 Å². The molecule has 0 radical (unpaired) electrons. The summed E-state index contributed by atoms with van der Waals surface area (Å²) in [4.78, 5) is 16.7. The van der Waals surface area contributed by atoms with E-state index in [-0.39, 0.29) is 5.91 Å². The van der Waals surface area contributed by atoms with Gasteiger partial charge in [-0.3, -0.25) is 10.1 Å². The van der Waals surface area contributed by atoms with Gasteiger partial charge in [0.15, 0.2) is 9.35 Å². The van der Waals surface area contributed by atoms with E-state index in [0.717, 1.165) is 25.1 Å². The predicted octanol–water partition coefficient (Wildman–Crippen LogP) is 5.35. The number of thioether (sulfide) groups is 1. The first kappa shape index (κ1) is 17.4. The average molecular weight is 419 g/mol. The Kier molecular flexibility index (Phi) is 5.16. The Bertz CT molecular complexity index is 1050. The van der Waals surface area contributed by atoms with Gasteiger partial charge in [0.2, 0.25) is 5.13 Å². The third-order valence-electron chi connectivity index (χ3n) is 3.42. The van der Waals surface area contributed by atoms with Gasteiger partial charge in [-0.05, 0) is 23.8 Å². The number of halogens is 1. The maximum Gasteiger partial charge on any atom is 0.286 e. The molecule has 5 nitrogen and oxygen atoms in total. The standard InChI is InChI=1S/C17H11ClN4OS3/c18-11-6-2-1-5-10(11)9-24-17-22-21-16(26-17)20-14(23)15-19-12-7-3-4-8-13(12)25-15/h1-8H,9H2,(H,20,21,23). The SMILES string of the molecule is O=C(Nc1nnc(SCc2ccccc2Cl)s1)c1nc2ccccc2s1. The number of nitrogens with one attached hydrogen (secondary N) is 1. The Hall–Kier alpha value is -2.00. The summed E-state index contributed by atoms with van der Waals surface area (Å²) in [6.07, 6.45) is 0. The predicted molar refractivity (Wildman–Crippen MR) is 108 cm³/mol. The highest BCUT2D eigenvalue weighted by atomic mass is 35.5. The van der Waals surface area contributed by atoms with E-state index in [1.165, 1.54) is 34.4 Å². The Morgan fingerprint density at radius 3 is 2.73 bits per heavy atom. The minimum atomic E-state index is -0.273. The monoisotopic (exact) mass is 418 g/mol. The van der Waals surface area contributed by atoms with Crippen LogP contribution in [0.15, 0.2) is 52.9 Å². The molecule has 2 aromatic heterocycles. The van der Waals surface area contributed by atoms with Crippen molar-refractivity contribution in [3.05, 3.63) is 64.1 Å². The van der Waals surface area contributed by atoms with E-state index < -0.39 is 0 Å². The number of fused-ring (bicyclic) bond motifs is 1. The molecule has 0 aliphatic heterocycles. The number of amides is 1. The minimum Gasteiger partial charge on any atom is -0.294 e. The van der Waals surface area contributed by atoms with Crippen molar-refractivity contribution in [2.75, 3.05) is 5.32 Å². The number of carbonyl (C=O) groups is 1. The van der Waals surface area contributed by atoms with E-state index in [4.69, 9.17) is 11.6 Å². The molecule has 4 rings (SSSR count). The molecule has 0 atom stereocenters. The van der Waals surface area contributed by atoms with E-state index >= 15 is 0 Å². The largest absolute Gasteiger partial charge is 0.294 e. The van der Waals surface area contributed by atoms with E-state index in [0.29, 0.717) is 15.9 Å². The molecule has 0 saturated heterocycles. The van der Waals surface area contributed by atoms with Crippen molar-refractivity contribution < 1.29 is 4.79 Å². The fraction of sp³-hybridized carbons (Fsp3) is 0.0588. The van der Waals surface area contributed by atoms with E-state index in [1.54, 1.807) is 0 Å². The molecule has 0 saturated carbocycles. The normalized spacial score (nSPS) is 11.0. The molecule has 0 fully saturated rings. The first-order valence-electron chi connectivity index (χ1n) is 7.56. The molecule has 26 heavy (non-hydrogen) atoms. The van der Waals surface area contributed by atoms with Crippen LogP contribution in [0.4, 0.5) is 5.13 Å². The molecule has 0 spiro atoms. The molecule has 4 aromatic rings. The van der Waals surface area contributed by atoms with Crippen LogP contribution in [0.2, 0.25) is 5.02 Å². The van der Waals surface area contributed by atoms with Gasteiger partial charge in [-0.25, -0.2) is 4.98 Å². The Balaban J connectivity index is 1.41. The number of aromatic nitrogens is 3. The van der Waals surface area contributed by atoms with Crippen molar-refractivity contribution in [1.82, 2.24) is 15.2 Å². The number of rotatable bonds is 5. The Morgan fingerprint density at radius 1 is 1.08 bits per heavy atom. The quantitative estimate of drug-likeness (QED) is 0.349. The fourth-order valence-electron chi connectivity index (χ4n) is 2.19. The van der Waals surface area contributed by atoms with Crippen LogP contribution in [0.5, 0.6) is 0 Å². The van der Waals surface area contributed by atoms with Crippen LogP contribution in [-0.4, -0.2) is 21.1 Å². The van der Waals surface area contributed by atoms with Gasteiger partial charge in [-0.1, -0.05) is 65.0 Å². The molecule has 1 amide bonds. The lowest BCUT2D eigenvalue weighted by atomic mass is 10.2. The van der Waals surface area contributed by atoms with Crippen molar-refractivity contribution in [3.63, 3.8) is 0 Å². The number of carbonyl (C=O) groups excluding carboxylic acids is 1. The first-order valence-corrected chi connectivity index (χ1v) is 10.6. The molecule has 1 N–H and O–H groups in total. The zero-order chi connectivity index (χ0) is 17.9. The van der Waals surface area contributed by atoms with Gasteiger partial charge in [0.25, 0.3) is 5.91 Å². The summed E-state index contributed by atoms with van der Waals surface area (Å²) in [6.45, 7) is 0. The van der Waals surface area contributed by atoms with Gasteiger partial charge in [-0.15, -0.1) is 21.5 Å². The summed E-state index contributed by atoms with van der Waals surface area (Å²) in [5.74, 6) is 0.421. The topological polar surface area (TPSA) is 67.8 Å². The van der Waals surface area contributed by atoms with Crippen molar-refractivity contribution in [3.8, 4) is 0 Å². The van der Waals surface area contributed by atoms with Crippen LogP contribution >= 0.6 is 46.0 Å². The number of hydrogen-bond donors (Lipinski definition) is 1. The van der Waals surface area contributed by atoms with Crippen molar-refractivity contribution in [2.45, 2.75) is 10.1 Å². The number of para-hydroxylation sites is 1. The second-order valence-corrected chi connectivity index (χ2v) is 8.83. The smallest absolute Gasteiger partial charge is 0.286 e. The van der Waals surface area contributed by atoms with Gasteiger partial charge in [0.1, 0.15) is 0 Å². The third-order valence-corrected chi connectivity index (χ3v) is 6.85. The molecule has 0 unspecified atom stereocenters. The molecule has 130 valence electrons. The molecular formula is C17H11ClN4OS3. The van der Waals surface area contributed by atoms with Crippen molar-refractivity contribution >= 4 is 67.3 Å². The summed E-state index contributed by atoms with van der Waals surface area (Å²) < 4.78 is 1.75. The zero-order valence-corrected chi connectivity index (χ0v) is 16.4. The second-order valence-electron chi connectivity index (χ2n) is 5.19. The lowest BCUT2D eigenvalue weighted by Crippen LogP contribution is -2.11. The fourth-order valence-corrected chi connectivity index (χ4v) is 5.09. The molecule has 2 heterocycles. The highest BCUT2D eigenvalue weighted by Crippen LogP contribution is 2.31. The number of benzene rings is 2. The number of hydrogen-bond acceptors (Lipinski definition) is 7. The van der Waals surface area contributed by atoms with Crippen molar-refractivity contribution in [1.29, 1.82) is 0 Å². The number of thiazole rings is 1. The van der Waals surface area contributed by atoms with Gasteiger partial charge < -0.3 is 0 Å². The first-order chi connectivity index (χ1) is 12.7. The lowest BCUT2D eigenvalue weighted by molar-refractivity contribution is 0.102. The lowest BCUT2D eigenvalue weighted by Gasteiger charge is -2.00. The minimum absolute atomic E-state index is 0.273. The van der Waals surface area contributed by atoms with Gasteiger partial charge in [0, 0.05) is 10.8 Å². The summed E-state index contributed by atoms with van der Waals surface area (Å²) in [6, 6.07) is 15.3. The summed E-state index contributed by atoms with van der Waals surface area (Å²) in [7, 11) is 0. The summed E-state index contributed by atoms with van der Waals surface area (Å²) in [5.41, 5.74) is 1.85. The molecule has 0 bridgehead atoms. The van der Waals surface area contributed by atoms with E-state index in [2.05, 4.69) is 20.5 Å². The highest BCUT2D eigenvalue weighted by Gasteiger charge is 2.15. The van der Waals surface area contributed by atoms with Crippen molar-refractivity contribution in [2.24, 2.45) is 0 Å². The molecule has 0 aliphatic rings. The molecular weight excluding hydrogens is 408 g/mol. The van der Waals surface area contributed by atoms with Crippen LogP contribution in [0.25, 0.3) is 10.2 Å². The summed E-state index contributed by atoms with van der Waals surface area (Å²) >= 11 is 10.4. The van der Waals surface area contributed by atoms with Gasteiger partial charge in [0.05, 0.1) is 10.2 Å². The molecule has 9 heteroatoms. The van der Waals surface area contributed by atoms with Crippen LogP contribution in [0.1, 0.15) is 15.4 Å². The van der Waals surface area contributed by atoms with Crippen LogP contribution < -0.4 is 5.32 Å².